The van der Waals surface area contributed by atoms with Crippen LogP contribution in [-0.4, -0.2) is 45.4 Å². The Hall–Kier alpha value is -0.650. The fourth-order valence-corrected chi connectivity index (χ4v) is 2.07. The molecule has 3 N–H and O–H groups in total. The van der Waals surface area contributed by atoms with Gasteiger partial charge in [-0.1, -0.05) is 0 Å². The number of carbonyl (C=O) groups is 1. The van der Waals surface area contributed by atoms with E-state index in [4.69, 9.17) is 15.2 Å². The topological polar surface area (TPSA) is 73.6 Å². The molecule has 0 radical (unpaired) electrons. The molecule has 1 amide bonds. The zero-order valence-corrected chi connectivity index (χ0v) is 9.54. The zero-order chi connectivity index (χ0) is 11.4. The lowest BCUT2D eigenvalue weighted by atomic mass is 9.85. The Kier molecular flexibility index (Phi) is 3.78. The predicted octanol–water partition coefficient (Wildman–Crippen LogP) is -0.496. The van der Waals surface area contributed by atoms with E-state index in [9.17, 15) is 4.79 Å². The summed E-state index contributed by atoms with van der Waals surface area (Å²) in [5.74, 6) is 0.598. The Balaban J connectivity index is 1.74. The van der Waals surface area contributed by atoms with E-state index in [0.717, 1.165) is 32.6 Å². The van der Waals surface area contributed by atoms with Crippen molar-refractivity contribution >= 4 is 5.91 Å². The van der Waals surface area contributed by atoms with Gasteiger partial charge in [0.15, 0.2) is 0 Å². The maximum Gasteiger partial charge on any atom is 0.232 e. The molecule has 92 valence electrons. The minimum Gasteiger partial charge on any atom is -0.381 e. The van der Waals surface area contributed by atoms with Crippen LogP contribution in [0.2, 0.25) is 0 Å². The molecule has 0 spiro atoms. The van der Waals surface area contributed by atoms with Crippen LogP contribution in [0.4, 0.5) is 0 Å². The van der Waals surface area contributed by atoms with Gasteiger partial charge in [-0.2, -0.15) is 0 Å². The first-order chi connectivity index (χ1) is 7.77. The summed E-state index contributed by atoms with van der Waals surface area (Å²) in [4.78, 5) is 11.9. The first kappa shape index (κ1) is 11.8. The van der Waals surface area contributed by atoms with Gasteiger partial charge in [-0.05, 0) is 18.8 Å². The van der Waals surface area contributed by atoms with E-state index in [1.807, 2.05) is 0 Å². The zero-order valence-electron chi connectivity index (χ0n) is 9.54. The number of nitrogens with two attached hydrogens (primary N) is 1. The smallest absolute Gasteiger partial charge is 0.232 e. The largest absolute Gasteiger partial charge is 0.381 e. The third-order valence-corrected chi connectivity index (χ3v) is 3.52. The van der Waals surface area contributed by atoms with Crippen molar-refractivity contribution < 1.29 is 14.3 Å². The number of amides is 1. The second-order valence-electron chi connectivity index (χ2n) is 4.74. The number of carbonyl (C=O) groups excluding carboxylic acids is 1. The van der Waals surface area contributed by atoms with Crippen LogP contribution in [-0.2, 0) is 14.3 Å². The minimum absolute atomic E-state index is 0.0488. The van der Waals surface area contributed by atoms with Crippen LogP contribution in [0.3, 0.4) is 0 Å². The fourth-order valence-electron chi connectivity index (χ4n) is 2.07. The normalized spacial score (nSPS) is 24.8. The van der Waals surface area contributed by atoms with E-state index >= 15 is 0 Å². The van der Waals surface area contributed by atoms with Gasteiger partial charge in [0, 0.05) is 26.3 Å². The van der Waals surface area contributed by atoms with Gasteiger partial charge in [-0.25, -0.2) is 0 Å². The summed E-state index contributed by atoms with van der Waals surface area (Å²) in [7, 11) is 0. The summed E-state index contributed by atoms with van der Waals surface area (Å²) in [5, 5.41) is 2.99. The average molecular weight is 228 g/mol. The van der Waals surface area contributed by atoms with Crippen LogP contribution in [0.25, 0.3) is 0 Å². The van der Waals surface area contributed by atoms with E-state index in [1.54, 1.807) is 0 Å². The van der Waals surface area contributed by atoms with Gasteiger partial charge in [-0.15, -0.1) is 0 Å². The van der Waals surface area contributed by atoms with Gasteiger partial charge in [0.25, 0.3) is 0 Å². The van der Waals surface area contributed by atoms with Crippen molar-refractivity contribution in [3.05, 3.63) is 0 Å². The summed E-state index contributed by atoms with van der Waals surface area (Å²) in [6.45, 7) is 3.65. The van der Waals surface area contributed by atoms with E-state index in [2.05, 4.69) is 5.32 Å². The number of hydrogen-bond acceptors (Lipinski definition) is 4. The highest BCUT2D eigenvalue weighted by molar-refractivity contribution is 5.84. The molecule has 2 saturated heterocycles. The van der Waals surface area contributed by atoms with Crippen molar-refractivity contribution in [2.75, 3.05) is 39.5 Å². The second kappa shape index (κ2) is 5.12. The monoisotopic (exact) mass is 228 g/mol. The maximum absolute atomic E-state index is 11.9. The molecule has 2 aliphatic rings. The highest BCUT2D eigenvalue weighted by Gasteiger charge is 2.44. The Morgan fingerprint density at radius 3 is 2.50 bits per heavy atom. The summed E-state index contributed by atoms with van der Waals surface area (Å²) in [6.07, 6.45) is 2.07. The molecule has 2 fully saturated rings. The lowest BCUT2D eigenvalue weighted by molar-refractivity contribution is -0.159. The molecule has 2 heterocycles. The summed E-state index contributed by atoms with van der Waals surface area (Å²) >= 11 is 0. The highest BCUT2D eigenvalue weighted by Crippen LogP contribution is 2.26. The van der Waals surface area contributed by atoms with Crippen LogP contribution < -0.4 is 11.1 Å². The molecular weight excluding hydrogens is 208 g/mol. The van der Waals surface area contributed by atoms with Gasteiger partial charge in [0.2, 0.25) is 5.91 Å². The number of ether oxygens (including phenoxy) is 2. The lowest BCUT2D eigenvalue weighted by Crippen LogP contribution is -2.58. The minimum atomic E-state index is -0.453. The van der Waals surface area contributed by atoms with Crippen LogP contribution in [0.5, 0.6) is 0 Å². The van der Waals surface area contributed by atoms with Crippen molar-refractivity contribution in [3.63, 3.8) is 0 Å². The van der Waals surface area contributed by atoms with Crippen molar-refractivity contribution in [2.45, 2.75) is 12.8 Å². The highest BCUT2D eigenvalue weighted by atomic mass is 16.5. The van der Waals surface area contributed by atoms with Gasteiger partial charge in [-0.3, -0.25) is 4.79 Å². The summed E-state index contributed by atoms with van der Waals surface area (Å²) < 4.78 is 10.4. The Labute approximate surface area is 95.7 Å². The average Bonchev–Trinajstić information content (AvgIpc) is 2.27. The van der Waals surface area contributed by atoms with Crippen LogP contribution in [0.1, 0.15) is 12.8 Å². The van der Waals surface area contributed by atoms with Crippen LogP contribution in [0, 0.1) is 11.3 Å². The van der Waals surface area contributed by atoms with Gasteiger partial charge in [0.1, 0.15) is 5.41 Å². The summed E-state index contributed by atoms with van der Waals surface area (Å²) in [5.41, 5.74) is 5.16. The van der Waals surface area contributed by atoms with Crippen molar-refractivity contribution in [1.29, 1.82) is 0 Å². The molecular formula is C11H20N2O3. The lowest BCUT2D eigenvalue weighted by Gasteiger charge is -2.39. The predicted molar refractivity (Wildman–Crippen MR) is 58.9 cm³/mol. The molecule has 0 aromatic heterocycles. The van der Waals surface area contributed by atoms with E-state index in [0.29, 0.717) is 25.7 Å². The first-order valence-electron chi connectivity index (χ1n) is 5.91. The maximum atomic E-state index is 11.9. The van der Waals surface area contributed by atoms with Gasteiger partial charge < -0.3 is 20.5 Å². The molecule has 2 rings (SSSR count). The van der Waals surface area contributed by atoms with E-state index in [-0.39, 0.29) is 5.91 Å². The fraction of sp³-hybridized carbons (Fsp3) is 0.909. The number of hydrogen-bond donors (Lipinski definition) is 2. The molecule has 0 aliphatic carbocycles. The molecule has 0 aromatic carbocycles. The van der Waals surface area contributed by atoms with Crippen molar-refractivity contribution in [3.8, 4) is 0 Å². The third kappa shape index (κ3) is 2.36. The molecule has 0 aromatic rings. The van der Waals surface area contributed by atoms with Gasteiger partial charge >= 0.3 is 0 Å². The molecule has 2 aliphatic heterocycles. The summed E-state index contributed by atoms with van der Waals surface area (Å²) in [6, 6.07) is 0. The molecule has 0 atom stereocenters. The third-order valence-electron chi connectivity index (χ3n) is 3.52. The van der Waals surface area contributed by atoms with E-state index < -0.39 is 5.41 Å². The molecule has 5 heteroatoms. The standard InChI is InChI=1S/C11H20N2O3/c12-6-11(7-16-8-11)10(14)13-5-9-1-3-15-4-2-9/h9H,1-8,12H2,(H,13,14). The van der Waals surface area contributed by atoms with Crippen molar-refractivity contribution in [1.82, 2.24) is 5.32 Å². The Bertz CT molecular complexity index is 242. The molecule has 5 nitrogen and oxygen atoms in total. The van der Waals surface area contributed by atoms with E-state index in [1.165, 1.54) is 0 Å². The van der Waals surface area contributed by atoms with Crippen LogP contribution in [0.15, 0.2) is 0 Å². The second-order valence-corrected chi connectivity index (χ2v) is 4.74. The molecule has 0 saturated carbocycles. The number of nitrogens with one attached hydrogen (secondary N) is 1. The van der Waals surface area contributed by atoms with Crippen molar-refractivity contribution in [2.24, 2.45) is 17.1 Å². The molecule has 0 unspecified atom stereocenters. The molecule has 0 bridgehead atoms. The number of rotatable bonds is 4. The Morgan fingerprint density at radius 2 is 2.00 bits per heavy atom. The quantitative estimate of drug-likeness (QED) is 0.680. The van der Waals surface area contributed by atoms with Gasteiger partial charge in [0.05, 0.1) is 13.2 Å². The Morgan fingerprint density at radius 1 is 1.31 bits per heavy atom. The SMILES string of the molecule is NCC1(C(=O)NCC2CCOCC2)COC1. The first-order valence-corrected chi connectivity index (χ1v) is 5.91. The molecule has 16 heavy (non-hydrogen) atoms. The van der Waals surface area contributed by atoms with Crippen LogP contribution >= 0.6 is 0 Å².